The number of benzene rings is 1. The van der Waals surface area contributed by atoms with Gasteiger partial charge in [-0.3, -0.25) is 9.69 Å². The van der Waals surface area contributed by atoms with Crippen LogP contribution in [0.3, 0.4) is 0 Å². The van der Waals surface area contributed by atoms with Gasteiger partial charge in [-0.15, -0.1) is 0 Å². The summed E-state index contributed by atoms with van der Waals surface area (Å²) >= 11 is 6.16. The van der Waals surface area contributed by atoms with Crippen LogP contribution in [0, 0.1) is 11.7 Å². The Kier molecular flexibility index (Phi) is 6.34. The first-order chi connectivity index (χ1) is 12.1. The maximum Gasteiger partial charge on any atom is 0.219 e. The Morgan fingerprint density at radius 2 is 1.92 bits per heavy atom. The van der Waals surface area contributed by atoms with E-state index >= 15 is 0 Å². The molecule has 1 amide bonds. The van der Waals surface area contributed by atoms with E-state index in [1.807, 2.05) is 0 Å². The van der Waals surface area contributed by atoms with E-state index in [9.17, 15) is 9.18 Å². The second-order valence-electron chi connectivity index (χ2n) is 7.44. The van der Waals surface area contributed by atoms with Crippen molar-refractivity contribution in [2.75, 3.05) is 19.6 Å². The predicted octanol–water partition coefficient (Wildman–Crippen LogP) is 4.48. The molecule has 0 N–H and O–H groups in total. The largest absolute Gasteiger partial charge is 0.340 e. The molecule has 0 aliphatic carbocycles. The fraction of sp³-hybridized carbons (Fsp3) is 0.650. The molecule has 0 spiro atoms. The van der Waals surface area contributed by atoms with Crippen LogP contribution < -0.4 is 0 Å². The highest BCUT2D eigenvalue weighted by Crippen LogP contribution is 2.31. The van der Waals surface area contributed by atoms with Gasteiger partial charge in [0.15, 0.2) is 0 Å². The highest BCUT2D eigenvalue weighted by atomic mass is 35.5. The topological polar surface area (TPSA) is 23.6 Å². The number of rotatable bonds is 3. The molecular weight excluding hydrogens is 339 g/mol. The number of hydrogen-bond donors (Lipinski definition) is 0. The van der Waals surface area contributed by atoms with Gasteiger partial charge < -0.3 is 4.90 Å². The summed E-state index contributed by atoms with van der Waals surface area (Å²) < 4.78 is 14.0. The maximum atomic E-state index is 14.0. The number of nitrogens with zero attached hydrogens (tertiary/aromatic N) is 2. The van der Waals surface area contributed by atoms with E-state index in [4.69, 9.17) is 11.6 Å². The van der Waals surface area contributed by atoms with Gasteiger partial charge in [-0.1, -0.05) is 30.5 Å². The van der Waals surface area contributed by atoms with E-state index in [1.165, 1.54) is 18.9 Å². The first-order valence-electron chi connectivity index (χ1n) is 9.48. The average molecular weight is 367 g/mol. The lowest BCUT2D eigenvalue weighted by Gasteiger charge is -2.40. The highest BCUT2D eigenvalue weighted by Gasteiger charge is 2.32. The smallest absolute Gasteiger partial charge is 0.219 e. The molecule has 2 heterocycles. The molecule has 2 fully saturated rings. The first-order valence-corrected chi connectivity index (χ1v) is 9.86. The standard InChI is InChI=1S/C20H28ClFN2O/c1-15(25)24-11-4-2-3-8-20(24)16-9-12-23(13-10-16)14-17-18(21)6-5-7-19(17)22/h5-7,16,20H,2-4,8-14H2,1H3/t20-/m1/s1. The molecule has 3 nitrogen and oxygen atoms in total. The Labute approximate surface area is 155 Å². The van der Waals surface area contributed by atoms with Crippen molar-refractivity contribution < 1.29 is 9.18 Å². The molecule has 2 aliphatic rings. The molecule has 1 aromatic rings. The molecule has 2 aliphatic heterocycles. The third-order valence-corrected chi connectivity index (χ3v) is 6.18. The Morgan fingerprint density at radius 3 is 2.60 bits per heavy atom. The van der Waals surface area contributed by atoms with E-state index in [-0.39, 0.29) is 11.7 Å². The van der Waals surface area contributed by atoms with E-state index in [2.05, 4.69) is 9.80 Å². The van der Waals surface area contributed by atoms with Crippen LogP contribution in [0.15, 0.2) is 18.2 Å². The Morgan fingerprint density at radius 1 is 1.16 bits per heavy atom. The van der Waals surface area contributed by atoms with Gasteiger partial charge >= 0.3 is 0 Å². The average Bonchev–Trinajstić information content (AvgIpc) is 2.85. The molecule has 0 radical (unpaired) electrons. The monoisotopic (exact) mass is 366 g/mol. The summed E-state index contributed by atoms with van der Waals surface area (Å²) in [7, 11) is 0. The lowest BCUT2D eigenvalue weighted by molar-refractivity contribution is -0.132. The van der Waals surface area contributed by atoms with Crippen molar-refractivity contribution in [1.82, 2.24) is 9.80 Å². The van der Waals surface area contributed by atoms with Gasteiger partial charge in [-0.25, -0.2) is 4.39 Å². The Balaban J connectivity index is 1.60. The zero-order valence-corrected chi connectivity index (χ0v) is 15.8. The van der Waals surface area contributed by atoms with Gasteiger partial charge in [0.25, 0.3) is 0 Å². The van der Waals surface area contributed by atoms with Crippen molar-refractivity contribution >= 4 is 17.5 Å². The summed E-state index contributed by atoms with van der Waals surface area (Å²) in [5, 5.41) is 0.508. The highest BCUT2D eigenvalue weighted by molar-refractivity contribution is 6.31. The number of halogens is 2. The molecule has 25 heavy (non-hydrogen) atoms. The molecule has 138 valence electrons. The number of hydrogen-bond acceptors (Lipinski definition) is 2. The second kappa shape index (κ2) is 8.50. The summed E-state index contributed by atoms with van der Waals surface area (Å²) in [6, 6.07) is 5.27. The predicted molar refractivity (Wildman–Crippen MR) is 99.1 cm³/mol. The quantitative estimate of drug-likeness (QED) is 0.787. The van der Waals surface area contributed by atoms with E-state index in [0.717, 1.165) is 45.3 Å². The van der Waals surface area contributed by atoms with Gasteiger partial charge in [0.2, 0.25) is 5.91 Å². The normalized spacial score (nSPS) is 23.5. The lowest BCUT2D eigenvalue weighted by Crippen LogP contribution is -2.47. The maximum absolute atomic E-state index is 14.0. The molecule has 0 aromatic heterocycles. The van der Waals surface area contributed by atoms with Crippen molar-refractivity contribution in [2.45, 2.75) is 58.0 Å². The number of piperidine rings is 1. The van der Waals surface area contributed by atoms with Crippen LogP contribution >= 0.6 is 11.6 Å². The Hall–Kier alpha value is -1.13. The third kappa shape index (κ3) is 4.53. The van der Waals surface area contributed by atoms with Crippen LogP contribution in [0.4, 0.5) is 4.39 Å². The van der Waals surface area contributed by atoms with Gasteiger partial charge in [0, 0.05) is 36.6 Å². The SMILES string of the molecule is CC(=O)N1CCCCC[C@@H]1C1CCN(Cc2c(F)cccc2Cl)CC1. The van der Waals surface area contributed by atoms with E-state index in [0.29, 0.717) is 29.1 Å². The summed E-state index contributed by atoms with van der Waals surface area (Å²) in [5.74, 6) is 0.558. The van der Waals surface area contributed by atoms with Crippen LogP contribution in [0.1, 0.15) is 51.0 Å². The molecule has 1 aromatic carbocycles. The minimum absolute atomic E-state index is 0.215. The number of carbonyl (C=O) groups excluding carboxylic acids is 1. The van der Waals surface area contributed by atoms with Crippen molar-refractivity contribution in [1.29, 1.82) is 0 Å². The van der Waals surface area contributed by atoms with Crippen LogP contribution in [0.5, 0.6) is 0 Å². The van der Waals surface area contributed by atoms with Gasteiger partial charge in [0.1, 0.15) is 5.82 Å². The zero-order valence-electron chi connectivity index (χ0n) is 15.0. The number of amides is 1. The molecule has 0 unspecified atom stereocenters. The van der Waals surface area contributed by atoms with E-state index < -0.39 is 0 Å². The fourth-order valence-corrected chi connectivity index (χ4v) is 4.64. The lowest BCUT2D eigenvalue weighted by atomic mass is 9.86. The number of carbonyl (C=O) groups is 1. The summed E-state index contributed by atoms with van der Waals surface area (Å²) in [4.78, 5) is 16.4. The number of likely N-dealkylation sites (tertiary alicyclic amines) is 2. The van der Waals surface area contributed by atoms with Crippen LogP contribution in [-0.4, -0.2) is 41.4 Å². The molecule has 5 heteroatoms. The van der Waals surface area contributed by atoms with Crippen molar-refractivity contribution in [3.63, 3.8) is 0 Å². The minimum atomic E-state index is -0.221. The van der Waals surface area contributed by atoms with Crippen LogP contribution in [-0.2, 0) is 11.3 Å². The molecule has 3 rings (SSSR count). The van der Waals surface area contributed by atoms with Gasteiger partial charge in [-0.2, -0.15) is 0 Å². The summed E-state index contributed by atoms with van der Waals surface area (Å²) in [5.41, 5.74) is 0.599. The third-order valence-electron chi connectivity index (χ3n) is 5.82. The van der Waals surface area contributed by atoms with Gasteiger partial charge in [0.05, 0.1) is 0 Å². The minimum Gasteiger partial charge on any atom is -0.340 e. The second-order valence-corrected chi connectivity index (χ2v) is 7.85. The van der Waals surface area contributed by atoms with Crippen molar-refractivity contribution in [3.8, 4) is 0 Å². The fourth-order valence-electron chi connectivity index (χ4n) is 4.42. The van der Waals surface area contributed by atoms with Crippen molar-refractivity contribution in [2.24, 2.45) is 5.92 Å². The van der Waals surface area contributed by atoms with Gasteiger partial charge in [-0.05, 0) is 56.8 Å². The summed E-state index contributed by atoms with van der Waals surface area (Å²) in [6.07, 6.45) is 6.84. The molecule has 0 bridgehead atoms. The molecular formula is C20H28ClFN2O. The van der Waals surface area contributed by atoms with E-state index in [1.54, 1.807) is 19.1 Å². The van der Waals surface area contributed by atoms with Crippen molar-refractivity contribution in [3.05, 3.63) is 34.6 Å². The first kappa shape index (κ1) is 18.7. The molecule has 0 saturated carbocycles. The summed E-state index contributed by atoms with van der Waals surface area (Å²) in [6.45, 7) is 5.06. The van der Waals surface area contributed by atoms with Crippen LogP contribution in [0.25, 0.3) is 0 Å². The molecule has 1 atom stereocenters. The zero-order chi connectivity index (χ0) is 17.8. The van der Waals surface area contributed by atoms with Crippen LogP contribution in [0.2, 0.25) is 5.02 Å². The Bertz CT molecular complexity index is 581. The molecule has 2 saturated heterocycles.